The number of rotatable bonds is 7. The summed E-state index contributed by atoms with van der Waals surface area (Å²) in [6, 6.07) is 10.5. The Hall–Kier alpha value is -3.30. The lowest BCUT2D eigenvalue weighted by Crippen LogP contribution is -2.44. The van der Waals surface area contributed by atoms with E-state index in [1.807, 2.05) is 13.0 Å². The van der Waals surface area contributed by atoms with Crippen LogP contribution in [0.15, 0.2) is 48.8 Å². The predicted octanol–water partition coefficient (Wildman–Crippen LogP) is 5.29. The summed E-state index contributed by atoms with van der Waals surface area (Å²) >= 11 is 0. The smallest absolute Gasteiger partial charge is 0.167 e. The molecule has 8 nitrogen and oxygen atoms in total. The molecule has 5 rings (SSSR count). The summed E-state index contributed by atoms with van der Waals surface area (Å²) in [6.45, 7) is 10.4. The minimum absolute atomic E-state index is 0.171. The number of hydrogen-bond donors (Lipinski definition) is 2. The normalized spacial score (nSPS) is 16.1. The maximum atomic E-state index is 12.1. The van der Waals surface area contributed by atoms with Crippen molar-refractivity contribution in [1.29, 1.82) is 0 Å². The molecule has 3 aromatic heterocycles. The van der Waals surface area contributed by atoms with Crippen molar-refractivity contribution in [2.24, 2.45) is 0 Å². The van der Waals surface area contributed by atoms with Crippen LogP contribution >= 0.6 is 0 Å². The van der Waals surface area contributed by atoms with Gasteiger partial charge in [0.05, 0.1) is 37.3 Å². The van der Waals surface area contributed by atoms with Gasteiger partial charge < -0.3 is 14.7 Å². The lowest BCUT2D eigenvalue weighted by atomic mass is 9.84. The molecule has 1 aliphatic rings. The van der Waals surface area contributed by atoms with Gasteiger partial charge in [0, 0.05) is 18.0 Å². The van der Waals surface area contributed by atoms with Crippen molar-refractivity contribution in [1.82, 2.24) is 25.0 Å². The van der Waals surface area contributed by atoms with E-state index in [0.29, 0.717) is 26.1 Å². The highest BCUT2D eigenvalue weighted by Gasteiger charge is 2.33. The van der Waals surface area contributed by atoms with E-state index < -0.39 is 5.60 Å². The van der Waals surface area contributed by atoms with Crippen LogP contribution in [-0.2, 0) is 10.3 Å². The van der Waals surface area contributed by atoms with E-state index in [4.69, 9.17) is 9.72 Å². The van der Waals surface area contributed by atoms with Gasteiger partial charge in [-0.15, -0.1) is 0 Å². The Kier molecular flexibility index (Phi) is 8.56. The van der Waals surface area contributed by atoms with Gasteiger partial charge in [-0.25, -0.2) is 9.37 Å². The molecule has 198 valence electrons. The number of morpholine rings is 1. The fourth-order valence-electron chi connectivity index (χ4n) is 4.88. The maximum absolute atomic E-state index is 12.1. The summed E-state index contributed by atoms with van der Waals surface area (Å²) < 4.78 is 19.5. The predicted molar refractivity (Wildman–Crippen MR) is 143 cm³/mol. The van der Waals surface area contributed by atoms with Crippen LogP contribution in [0.5, 0.6) is 0 Å². The molecule has 1 aliphatic heterocycles. The number of nitrogens with one attached hydrogen (secondary N) is 1. The molecule has 4 aromatic rings. The summed E-state index contributed by atoms with van der Waals surface area (Å²) in [7, 11) is 0. The quantitative estimate of drug-likeness (QED) is 0.352. The van der Waals surface area contributed by atoms with Crippen LogP contribution in [0.4, 0.5) is 10.2 Å². The number of fused-ring (bicyclic) bond motifs is 1. The Morgan fingerprint density at radius 2 is 1.89 bits per heavy atom. The molecule has 0 saturated carbocycles. The molecule has 2 N–H and O–H groups in total. The maximum Gasteiger partial charge on any atom is 0.167 e. The Balaban J connectivity index is 0.000000342. The standard InChI is InChI=1S/C21H30N6O2.C7H7F/c1-4-7-21(28,8-5-2)17-12-19(26-10-11-29-14-15(26)3)24-20-16(17)13-23-27(20)18-6-9-22-25-18;1-6-2-4-7(8)5-3-6/h6,9,12-13,15,28H,4-5,7-8,10-11,14H2,1-3H3,(H,22,25);2-5H,1H3. The fraction of sp³-hybridized carbons (Fsp3) is 0.464. The van der Waals surface area contributed by atoms with Crippen LogP contribution in [0.25, 0.3) is 16.9 Å². The molecule has 1 unspecified atom stereocenters. The summed E-state index contributed by atoms with van der Waals surface area (Å²) in [4.78, 5) is 7.23. The van der Waals surface area contributed by atoms with E-state index in [2.05, 4.69) is 47.0 Å². The third-order valence-electron chi connectivity index (χ3n) is 6.74. The Bertz CT molecular complexity index is 1250. The number of nitrogens with zero attached hydrogens (tertiary/aromatic N) is 5. The number of ether oxygens (including phenoxy) is 1. The zero-order chi connectivity index (χ0) is 26.4. The Morgan fingerprint density at radius 3 is 2.49 bits per heavy atom. The third-order valence-corrected chi connectivity index (χ3v) is 6.74. The van der Waals surface area contributed by atoms with Crippen LogP contribution in [-0.4, -0.2) is 55.9 Å². The zero-order valence-corrected chi connectivity index (χ0v) is 22.1. The van der Waals surface area contributed by atoms with Crippen LogP contribution in [0, 0.1) is 12.7 Å². The Labute approximate surface area is 217 Å². The number of hydrogen-bond acceptors (Lipinski definition) is 6. The monoisotopic (exact) mass is 508 g/mol. The SMILES string of the molecule is CCCC(O)(CCC)c1cc(N2CCOCC2C)nc2c1cnn2-c1ccn[nH]1.Cc1ccc(F)cc1. The van der Waals surface area contributed by atoms with E-state index in [-0.39, 0.29) is 11.9 Å². The molecule has 1 atom stereocenters. The highest BCUT2D eigenvalue weighted by atomic mass is 19.1. The largest absolute Gasteiger partial charge is 0.385 e. The molecule has 1 saturated heterocycles. The second-order valence-electron chi connectivity index (χ2n) is 9.71. The van der Waals surface area contributed by atoms with Crippen LogP contribution in [0.3, 0.4) is 0 Å². The number of aryl methyl sites for hydroxylation is 1. The lowest BCUT2D eigenvalue weighted by Gasteiger charge is -2.36. The summed E-state index contributed by atoms with van der Waals surface area (Å²) in [5.41, 5.74) is 1.82. The van der Waals surface area contributed by atoms with E-state index in [1.54, 1.807) is 29.2 Å². The summed E-state index contributed by atoms with van der Waals surface area (Å²) in [5, 5.41) is 24.1. The molecule has 4 heterocycles. The second-order valence-corrected chi connectivity index (χ2v) is 9.71. The zero-order valence-electron chi connectivity index (χ0n) is 22.1. The molecular weight excluding hydrogens is 471 g/mol. The number of benzene rings is 1. The molecule has 0 amide bonds. The number of aromatic amines is 1. The minimum atomic E-state index is -0.906. The topological polar surface area (TPSA) is 92.1 Å². The number of H-pyrrole nitrogens is 1. The van der Waals surface area contributed by atoms with Gasteiger partial charge in [-0.3, -0.25) is 5.10 Å². The first kappa shape index (κ1) is 26.8. The molecule has 0 bridgehead atoms. The lowest BCUT2D eigenvalue weighted by molar-refractivity contribution is 0.0184. The highest BCUT2D eigenvalue weighted by Crippen LogP contribution is 2.38. The van der Waals surface area contributed by atoms with Gasteiger partial charge in [-0.2, -0.15) is 14.9 Å². The van der Waals surface area contributed by atoms with Gasteiger partial charge in [0.1, 0.15) is 11.6 Å². The first-order chi connectivity index (χ1) is 17.9. The molecular formula is C28H37FN6O2. The molecule has 1 aromatic carbocycles. The van der Waals surface area contributed by atoms with E-state index >= 15 is 0 Å². The Morgan fingerprint density at radius 1 is 1.16 bits per heavy atom. The van der Waals surface area contributed by atoms with Crippen molar-refractivity contribution in [2.45, 2.75) is 65.0 Å². The molecule has 0 radical (unpaired) electrons. The summed E-state index contributed by atoms with van der Waals surface area (Å²) in [5.74, 6) is 1.44. The third kappa shape index (κ3) is 5.99. The number of pyridine rings is 1. The molecule has 9 heteroatoms. The van der Waals surface area contributed by atoms with E-state index in [9.17, 15) is 9.50 Å². The van der Waals surface area contributed by atoms with Crippen molar-refractivity contribution in [3.05, 3.63) is 65.7 Å². The van der Waals surface area contributed by atoms with Gasteiger partial charge in [0.2, 0.25) is 0 Å². The van der Waals surface area contributed by atoms with Gasteiger partial charge in [-0.1, -0.05) is 44.4 Å². The van der Waals surface area contributed by atoms with Crippen molar-refractivity contribution >= 4 is 16.9 Å². The molecule has 0 spiro atoms. The van der Waals surface area contributed by atoms with Crippen molar-refractivity contribution in [3.63, 3.8) is 0 Å². The average molecular weight is 509 g/mol. The first-order valence-corrected chi connectivity index (χ1v) is 13.0. The van der Waals surface area contributed by atoms with E-state index in [0.717, 1.165) is 53.2 Å². The number of aliphatic hydroxyl groups is 1. The van der Waals surface area contributed by atoms with Crippen molar-refractivity contribution < 1.29 is 14.2 Å². The number of aromatic nitrogens is 5. The molecule has 37 heavy (non-hydrogen) atoms. The van der Waals surface area contributed by atoms with Gasteiger partial charge in [-0.05, 0) is 50.5 Å². The van der Waals surface area contributed by atoms with Crippen LogP contribution in [0.1, 0.15) is 57.6 Å². The summed E-state index contributed by atoms with van der Waals surface area (Å²) in [6.07, 6.45) is 6.71. The van der Waals surface area contributed by atoms with Gasteiger partial charge in [0.25, 0.3) is 0 Å². The van der Waals surface area contributed by atoms with Crippen molar-refractivity contribution in [3.8, 4) is 5.82 Å². The van der Waals surface area contributed by atoms with Crippen molar-refractivity contribution in [2.75, 3.05) is 24.7 Å². The first-order valence-electron chi connectivity index (χ1n) is 13.0. The second kappa shape index (κ2) is 11.8. The average Bonchev–Trinajstić information content (AvgIpc) is 3.56. The fourth-order valence-corrected chi connectivity index (χ4v) is 4.88. The number of anilines is 1. The van der Waals surface area contributed by atoms with Gasteiger partial charge >= 0.3 is 0 Å². The van der Waals surface area contributed by atoms with E-state index in [1.165, 1.54) is 12.1 Å². The minimum Gasteiger partial charge on any atom is -0.385 e. The highest BCUT2D eigenvalue weighted by molar-refractivity contribution is 5.83. The van der Waals surface area contributed by atoms with Crippen LogP contribution < -0.4 is 4.90 Å². The molecule has 1 fully saturated rings. The molecule has 0 aliphatic carbocycles. The van der Waals surface area contributed by atoms with Crippen LogP contribution in [0.2, 0.25) is 0 Å². The van der Waals surface area contributed by atoms with Gasteiger partial charge in [0.15, 0.2) is 11.5 Å². The number of halogens is 1.